The topological polar surface area (TPSA) is 105 Å². The molecule has 0 spiro atoms. The van der Waals surface area contributed by atoms with E-state index < -0.39 is 12.0 Å². The molecule has 0 radical (unpaired) electrons. The minimum atomic E-state index is -0.689. The molecule has 1 aromatic carbocycles. The fourth-order valence-corrected chi connectivity index (χ4v) is 5.69. The molecule has 2 heterocycles. The highest BCUT2D eigenvalue weighted by Gasteiger charge is 2.30. The first-order valence-corrected chi connectivity index (χ1v) is 12.3. The van der Waals surface area contributed by atoms with Crippen molar-refractivity contribution in [1.82, 2.24) is 10.2 Å². The van der Waals surface area contributed by atoms with Gasteiger partial charge >= 0.3 is 6.09 Å². The van der Waals surface area contributed by atoms with Crippen LogP contribution in [0, 0.1) is 11.7 Å². The number of piperidine rings is 2. The molecule has 8 nitrogen and oxygen atoms in total. The van der Waals surface area contributed by atoms with E-state index in [-0.39, 0.29) is 30.2 Å². The quantitative estimate of drug-likeness (QED) is 0.615. The summed E-state index contributed by atoms with van der Waals surface area (Å²) in [7, 11) is 2.17. The number of halogens is 1. The molecule has 2 saturated heterocycles. The number of hydrogen-bond donors (Lipinski definition) is 2. The van der Waals surface area contributed by atoms with E-state index in [0.717, 1.165) is 58.2 Å². The van der Waals surface area contributed by atoms with Gasteiger partial charge in [0.05, 0.1) is 11.6 Å². The van der Waals surface area contributed by atoms with Gasteiger partial charge in [-0.05, 0) is 75.6 Å². The summed E-state index contributed by atoms with van der Waals surface area (Å²) in [4.78, 5) is 38.9. The molecule has 9 heteroatoms. The summed E-state index contributed by atoms with van der Waals surface area (Å²) in [5.41, 5.74) is 6.33. The van der Waals surface area contributed by atoms with Gasteiger partial charge in [-0.25, -0.2) is 9.18 Å². The van der Waals surface area contributed by atoms with E-state index in [1.165, 1.54) is 6.07 Å². The highest BCUT2D eigenvalue weighted by atomic mass is 19.1. The molecule has 3 fully saturated rings. The fraction of sp³-hybridized carbons (Fsp3) is 0.640. The number of hydrogen-bond acceptors (Lipinski definition) is 6. The highest BCUT2D eigenvalue weighted by molar-refractivity contribution is 6.00. The molecule has 0 aromatic heterocycles. The lowest BCUT2D eigenvalue weighted by Gasteiger charge is -2.39. The second-order valence-electron chi connectivity index (χ2n) is 9.95. The van der Waals surface area contributed by atoms with Gasteiger partial charge in [-0.3, -0.25) is 14.9 Å². The SMILES string of the molecule is CN(CC1CCN(c2ccc(C3CCC(=O)NC3=O)cc2F)CC1)C1CCC(OC(N)=O)CC1. The van der Waals surface area contributed by atoms with Crippen molar-refractivity contribution in [3.8, 4) is 0 Å². The van der Waals surface area contributed by atoms with Crippen LogP contribution in [0.5, 0.6) is 0 Å². The summed E-state index contributed by atoms with van der Waals surface area (Å²) in [5.74, 6) is -0.835. The average Bonchev–Trinajstić information content (AvgIpc) is 2.80. The van der Waals surface area contributed by atoms with Gasteiger partial charge in [-0.1, -0.05) is 6.07 Å². The Balaban J connectivity index is 1.25. The smallest absolute Gasteiger partial charge is 0.404 e. The molecule has 1 atom stereocenters. The molecule has 1 unspecified atom stereocenters. The summed E-state index contributed by atoms with van der Waals surface area (Å²) in [6.45, 7) is 2.61. The third-order valence-corrected chi connectivity index (χ3v) is 7.66. The predicted molar refractivity (Wildman–Crippen MR) is 126 cm³/mol. The first kappa shape index (κ1) is 24.4. The summed E-state index contributed by atoms with van der Waals surface area (Å²) in [6.07, 6.45) is 5.65. The number of primary amides is 1. The van der Waals surface area contributed by atoms with Crippen LogP contribution < -0.4 is 16.0 Å². The Labute approximate surface area is 200 Å². The minimum Gasteiger partial charge on any atom is -0.446 e. The number of anilines is 1. The number of nitrogens with one attached hydrogen (secondary N) is 1. The fourth-order valence-electron chi connectivity index (χ4n) is 5.69. The second-order valence-corrected chi connectivity index (χ2v) is 9.95. The molecular formula is C25H35FN4O4. The normalized spacial score (nSPS) is 26.4. The van der Waals surface area contributed by atoms with Gasteiger partial charge in [0.25, 0.3) is 0 Å². The van der Waals surface area contributed by atoms with Crippen LogP contribution in [0.2, 0.25) is 0 Å². The Bertz CT molecular complexity index is 910. The lowest BCUT2D eigenvalue weighted by atomic mass is 9.89. The Hall–Kier alpha value is -2.68. The lowest BCUT2D eigenvalue weighted by Crippen LogP contribution is -2.43. The maximum Gasteiger partial charge on any atom is 0.404 e. The summed E-state index contributed by atoms with van der Waals surface area (Å²) in [6, 6.07) is 5.53. The molecule has 1 saturated carbocycles. The molecular weight excluding hydrogens is 439 g/mol. The first-order chi connectivity index (χ1) is 16.3. The standard InChI is InChI=1S/C25H35FN4O4/c1-29(18-3-5-19(6-4-18)34-25(27)33)15-16-10-12-30(13-11-16)22-8-2-17(14-21(22)26)20-7-9-23(31)28-24(20)32/h2,8,14,16,18-20H,3-7,9-13,15H2,1H3,(H2,27,33)(H,28,31,32). The molecule has 186 valence electrons. The highest BCUT2D eigenvalue weighted by Crippen LogP contribution is 2.32. The molecule has 3 N–H and O–H groups in total. The van der Waals surface area contributed by atoms with Gasteiger partial charge in [0, 0.05) is 32.1 Å². The molecule has 2 aliphatic heterocycles. The van der Waals surface area contributed by atoms with Crippen molar-refractivity contribution in [2.75, 3.05) is 31.6 Å². The largest absolute Gasteiger partial charge is 0.446 e. The maximum atomic E-state index is 15.0. The predicted octanol–water partition coefficient (Wildman–Crippen LogP) is 2.90. The number of benzene rings is 1. The molecule has 0 bridgehead atoms. The number of nitrogens with two attached hydrogens (primary N) is 1. The van der Waals surface area contributed by atoms with Crippen molar-refractivity contribution >= 4 is 23.6 Å². The summed E-state index contributed by atoms with van der Waals surface area (Å²) >= 11 is 0. The van der Waals surface area contributed by atoms with E-state index in [0.29, 0.717) is 29.6 Å². The van der Waals surface area contributed by atoms with E-state index in [9.17, 15) is 18.8 Å². The number of nitrogens with zero attached hydrogens (tertiary/aromatic N) is 2. The Morgan fingerprint density at radius 2 is 1.85 bits per heavy atom. The van der Waals surface area contributed by atoms with Crippen LogP contribution in [-0.4, -0.2) is 61.6 Å². The van der Waals surface area contributed by atoms with Gasteiger partial charge in [0.15, 0.2) is 0 Å². The van der Waals surface area contributed by atoms with E-state index in [1.807, 2.05) is 6.07 Å². The molecule has 1 aromatic rings. The van der Waals surface area contributed by atoms with Crippen molar-refractivity contribution in [2.24, 2.45) is 11.7 Å². The number of carbonyl (C=O) groups is 3. The zero-order valence-electron chi connectivity index (χ0n) is 19.8. The van der Waals surface area contributed by atoms with E-state index >= 15 is 0 Å². The molecule has 4 rings (SSSR count). The van der Waals surface area contributed by atoms with Crippen LogP contribution in [0.1, 0.15) is 62.8 Å². The molecule has 34 heavy (non-hydrogen) atoms. The molecule has 3 amide bonds. The summed E-state index contributed by atoms with van der Waals surface area (Å²) in [5, 5.41) is 2.34. The van der Waals surface area contributed by atoms with Crippen LogP contribution in [0.4, 0.5) is 14.9 Å². The first-order valence-electron chi connectivity index (χ1n) is 12.3. The van der Waals surface area contributed by atoms with Crippen LogP contribution >= 0.6 is 0 Å². The van der Waals surface area contributed by atoms with Crippen molar-refractivity contribution < 1.29 is 23.5 Å². The van der Waals surface area contributed by atoms with Crippen molar-refractivity contribution in [3.05, 3.63) is 29.6 Å². The molecule has 1 aliphatic carbocycles. The zero-order valence-corrected chi connectivity index (χ0v) is 19.8. The number of rotatable bonds is 6. The summed E-state index contributed by atoms with van der Waals surface area (Å²) < 4.78 is 20.1. The number of imide groups is 1. The number of ether oxygens (including phenoxy) is 1. The lowest BCUT2D eigenvalue weighted by molar-refractivity contribution is -0.134. The third kappa shape index (κ3) is 5.87. The monoisotopic (exact) mass is 474 g/mol. The second kappa shape index (κ2) is 10.7. The van der Waals surface area contributed by atoms with Gasteiger partial charge in [-0.2, -0.15) is 0 Å². The van der Waals surface area contributed by atoms with Crippen LogP contribution in [0.3, 0.4) is 0 Å². The number of carbonyl (C=O) groups excluding carboxylic acids is 3. The minimum absolute atomic E-state index is 0.0540. The third-order valence-electron chi connectivity index (χ3n) is 7.66. The van der Waals surface area contributed by atoms with Crippen LogP contribution in [0.25, 0.3) is 0 Å². The van der Waals surface area contributed by atoms with Gasteiger partial charge in [-0.15, -0.1) is 0 Å². The zero-order chi connectivity index (χ0) is 24.2. The Morgan fingerprint density at radius 3 is 2.47 bits per heavy atom. The van der Waals surface area contributed by atoms with E-state index in [2.05, 4.69) is 22.2 Å². The van der Waals surface area contributed by atoms with Gasteiger partial charge in [0.1, 0.15) is 11.9 Å². The van der Waals surface area contributed by atoms with Gasteiger partial charge in [0.2, 0.25) is 11.8 Å². The van der Waals surface area contributed by atoms with E-state index in [4.69, 9.17) is 10.5 Å². The van der Waals surface area contributed by atoms with Crippen molar-refractivity contribution in [2.45, 2.75) is 69.4 Å². The average molecular weight is 475 g/mol. The van der Waals surface area contributed by atoms with E-state index in [1.54, 1.807) is 6.07 Å². The van der Waals surface area contributed by atoms with Crippen LogP contribution in [-0.2, 0) is 14.3 Å². The van der Waals surface area contributed by atoms with Gasteiger partial charge < -0.3 is 20.3 Å². The Morgan fingerprint density at radius 1 is 1.15 bits per heavy atom. The van der Waals surface area contributed by atoms with Crippen molar-refractivity contribution in [3.63, 3.8) is 0 Å². The Kier molecular flexibility index (Phi) is 7.70. The number of amides is 3. The molecule has 3 aliphatic rings. The van der Waals surface area contributed by atoms with Crippen molar-refractivity contribution in [1.29, 1.82) is 0 Å². The van der Waals surface area contributed by atoms with Crippen LogP contribution in [0.15, 0.2) is 18.2 Å². The maximum absolute atomic E-state index is 15.0.